The minimum Gasteiger partial charge on any atom is -0.495 e. The van der Waals surface area contributed by atoms with Crippen LogP contribution in [0.2, 0.25) is 0 Å². The average molecular weight is 404 g/mol. The standard InChI is InChI=1S/C17H25N3O4S.ClH/c1-24-15-9-2-11(10-16(15)25(22,23)20-14-7-8-14)17(21)19-13-5-3-12(18)4-6-13;/h2,9-10,12-14,20H,3-8,18H2,1H3,(H,19,21);1H. The third kappa shape index (κ3) is 5.09. The Bertz CT molecular complexity index is 744. The lowest BCUT2D eigenvalue weighted by molar-refractivity contribution is 0.0925. The molecule has 0 aliphatic heterocycles. The van der Waals surface area contributed by atoms with E-state index in [1.165, 1.54) is 19.2 Å². The normalized spacial score (nSPS) is 23.0. The second-order valence-electron chi connectivity index (χ2n) is 6.85. The fourth-order valence-corrected chi connectivity index (χ4v) is 4.54. The molecule has 0 aromatic heterocycles. The molecule has 9 heteroatoms. The highest BCUT2D eigenvalue weighted by atomic mass is 35.5. The van der Waals surface area contributed by atoms with Crippen LogP contribution in [0.25, 0.3) is 0 Å². The summed E-state index contributed by atoms with van der Waals surface area (Å²) in [4.78, 5) is 12.5. The zero-order valence-electron chi connectivity index (χ0n) is 14.7. The van der Waals surface area contributed by atoms with Crippen molar-refractivity contribution in [1.29, 1.82) is 0 Å². The first-order chi connectivity index (χ1) is 11.9. The Hall–Kier alpha value is -1.35. The number of carbonyl (C=O) groups excluding carboxylic acids is 1. The van der Waals surface area contributed by atoms with Gasteiger partial charge in [-0.05, 0) is 56.7 Å². The minimum atomic E-state index is -3.71. The van der Waals surface area contributed by atoms with E-state index < -0.39 is 10.0 Å². The van der Waals surface area contributed by atoms with E-state index in [1.54, 1.807) is 6.07 Å². The molecule has 2 fully saturated rings. The van der Waals surface area contributed by atoms with Crippen LogP contribution in [0.1, 0.15) is 48.9 Å². The first-order valence-electron chi connectivity index (χ1n) is 8.66. The number of amides is 1. The third-order valence-corrected chi connectivity index (χ3v) is 6.26. The van der Waals surface area contributed by atoms with Gasteiger partial charge in [0, 0.05) is 23.7 Å². The summed E-state index contributed by atoms with van der Waals surface area (Å²) in [5, 5.41) is 2.97. The van der Waals surface area contributed by atoms with Crippen LogP contribution in [0.15, 0.2) is 23.1 Å². The van der Waals surface area contributed by atoms with Crippen LogP contribution in [0.4, 0.5) is 0 Å². The van der Waals surface area contributed by atoms with Crippen molar-refractivity contribution in [2.24, 2.45) is 5.73 Å². The second kappa shape index (κ2) is 8.56. The molecule has 2 aliphatic carbocycles. The van der Waals surface area contributed by atoms with E-state index in [4.69, 9.17) is 10.5 Å². The monoisotopic (exact) mass is 403 g/mol. The Balaban J connectivity index is 0.00000243. The lowest BCUT2D eigenvalue weighted by atomic mass is 9.91. The van der Waals surface area contributed by atoms with E-state index in [9.17, 15) is 13.2 Å². The molecule has 3 rings (SSSR count). The van der Waals surface area contributed by atoms with Crippen LogP contribution in [0.3, 0.4) is 0 Å². The van der Waals surface area contributed by atoms with Crippen molar-refractivity contribution in [2.45, 2.75) is 61.5 Å². The molecule has 4 N–H and O–H groups in total. The number of sulfonamides is 1. The van der Waals surface area contributed by atoms with E-state index in [2.05, 4.69) is 10.0 Å². The van der Waals surface area contributed by atoms with Gasteiger partial charge < -0.3 is 15.8 Å². The van der Waals surface area contributed by atoms with Crippen LogP contribution in [-0.2, 0) is 10.0 Å². The molecule has 26 heavy (non-hydrogen) atoms. The largest absolute Gasteiger partial charge is 0.495 e. The zero-order chi connectivity index (χ0) is 18.0. The summed E-state index contributed by atoms with van der Waals surface area (Å²) in [6.45, 7) is 0. The molecule has 0 saturated heterocycles. The molecule has 0 radical (unpaired) electrons. The Morgan fingerprint density at radius 1 is 1.12 bits per heavy atom. The van der Waals surface area contributed by atoms with Gasteiger partial charge in [-0.15, -0.1) is 12.4 Å². The van der Waals surface area contributed by atoms with Crippen molar-refractivity contribution < 1.29 is 17.9 Å². The van der Waals surface area contributed by atoms with Crippen molar-refractivity contribution >= 4 is 28.3 Å². The minimum absolute atomic E-state index is 0. The molecule has 0 unspecified atom stereocenters. The summed E-state index contributed by atoms with van der Waals surface area (Å²) in [5.74, 6) is -0.0423. The third-order valence-electron chi connectivity index (χ3n) is 4.72. The van der Waals surface area contributed by atoms with E-state index >= 15 is 0 Å². The lowest BCUT2D eigenvalue weighted by Gasteiger charge is -2.26. The number of ether oxygens (including phenoxy) is 1. The van der Waals surface area contributed by atoms with Crippen LogP contribution in [-0.4, -0.2) is 39.6 Å². The van der Waals surface area contributed by atoms with Gasteiger partial charge in [0.2, 0.25) is 10.0 Å². The predicted octanol–water partition coefficient (Wildman–Crippen LogP) is 1.56. The first-order valence-corrected chi connectivity index (χ1v) is 10.1. The van der Waals surface area contributed by atoms with Gasteiger partial charge >= 0.3 is 0 Å². The molecule has 0 spiro atoms. The number of halogens is 1. The van der Waals surface area contributed by atoms with Crippen molar-refractivity contribution in [1.82, 2.24) is 10.0 Å². The molecule has 0 bridgehead atoms. The average Bonchev–Trinajstić information content (AvgIpc) is 3.39. The number of rotatable bonds is 6. The van der Waals surface area contributed by atoms with Gasteiger partial charge in [0.15, 0.2) is 0 Å². The first kappa shape index (κ1) is 21.0. The maximum Gasteiger partial charge on any atom is 0.251 e. The molecule has 0 atom stereocenters. The quantitative estimate of drug-likeness (QED) is 0.667. The van der Waals surface area contributed by atoms with Gasteiger partial charge in [-0.25, -0.2) is 13.1 Å². The molecule has 1 amide bonds. The Morgan fingerprint density at radius 2 is 1.73 bits per heavy atom. The number of hydrogen-bond acceptors (Lipinski definition) is 5. The van der Waals surface area contributed by atoms with Crippen LogP contribution >= 0.6 is 12.4 Å². The van der Waals surface area contributed by atoms with E-state index in [1.807, 2.05) is 0 Å². The van der Waals surface area contributed by atoms with Gasteiger partial charge in [0.1, 0.15) is 10.6 Å². The molecule has 2 aliphatic rings. The van der Waals surface area contributed by atoms with Crippen molar-refractivity contribution in [3.8, 4) is 5.75 Å². The highest BCUT2D eigenvalue weighted by molar-refractivity contribution is 7.89. The summed E-state index contributed by atoms with van der Waals surface area (Å²) in [5.41, 5.74) is 6.19. The topological polar surface area (TPSA) is 111 Å². The summed E-state index contributed by atoms with van der Waals surface area (Å²) in [6, 6.07) is 4.76. The van der Waals surface area contributed by atoms with Crippen molar-refractivity contribution in [3.63, 3.8) is 0 Å². The maximum atomic E-state index is 12.5. The summed E-state index contributed by atoms with van der Waals surface area (Å²) in [6.07, 6.45) is 5.14. The Kier molecular flexibility index (Phi) is 6.90. The number of nitrogens with two attached hydrogens (primary N) is 1. The molecule has 1 aromatic carbocycles. The SMILES string of the molecule is COc1ccc(C(=O)NC2CCC(N)CC2)cc1S(=O)(=O)NC1CC1.Cl. The van der Waals surface area contributed by atoms with Gasteiger partial charge in [-0.2, -0.15) is 0 Å². The number of benzene rings is 1. The van der Waals surface area contributed by atoms with E-state index in [0.717, 1.165) is 38.5 Å². The van der Waals surface area contributed by atoms with E-state index in [-0.39, 0.29) is 47.1 Å². The van der Waals surface area contributed by atoms with E-state index in [0.29, 0.717) is 5.56 Å². The number of carbonyl (C=O) groups is 1. The lowest BCUT2D eigenvalue weighted by Crippen LogP contribution is -2.40. The number of methoxy groups -OCH3 is 1. The summed E-state index contributed by atoms with van der Waals surface area (Å²) in [7, 11) is -2.29. The van der Waals surface area contributed by atoms with Crippen LogP contribution in [0, 0.1) is 0 Å². The smallest absolute Gasteiger partial charge is 0.251 e. The molecule has 7 nitrogen and oxygen atoms in total. The molecule has 0 heterocycles. The Labute approximate surface area is 160 Å². The maximum absolute atomic E-state index is 12.5. The fraction of sp³-hybridized carbons (Fsp3) is 0.588. The van der Waals surface area contributed by atoms with Crippen molar-refractivity contribution in [2.75, 3.05) is 7.11 Å². The molecule has 146 valence electrons. The highest BCUT2D eigenvalue weighted by Crippen LogP contribution is 2.28. The molecule has 2 saturated carbocycles. The highest BCUT2D eigenvalue weighted by Gasteiger charge is 2.30. The molecular formula is C17H26ClN3O4S. The van der Waals surface area contributed by atoms with Crippen LogP contribution < -0.4 is 20.5 Å². The van der Waals surface area contributed by atoms with Crippen LogP contribution in [0.5, 0.6) is 5.75 Å². The summed E-state index contributed by atoms with van der Waals surface area (Å²) >= 11 is 0. The fourth-order valence-electron chi connectivity index (χ4n) is 3.04. The van der Waals surface area contributed by atoms with Crippen molar-refractivity contribution in [3.05, 3.63) is 23.8 Å². The number of nitrogens with one attached hydrogen (secondary N) is 2. The Morgan fingerprint density at radius 3 is 2.31 bits per heavy atom. The predicted molar refractivity (Wildman–Crippen MR) is 101 cm³/mol. The van der Waals surface area contributed by atoms with Gasteiger partial charge in [0.05, 0.1) is 7.11 Å². The zero-order valence-corrected chi connectivity index (χ0v) is 16.4. The van der Waals surface area contributed by atoms with Gasteiger partial charge in [0.25, 0.3) is 5.91 Å². The molecular weight excluding hydrogens is 378 g/mol. The molecule has 1 aromatic rings. The van der Waals surface area contributed by atoms with Gasteiger partial charge in [-0.3, -0.25) is 4.79 Å². The summed E-state index contributed by atoms with van der Waals surface area (Å²) < 4.78 is 32.8. The second-order valence-corrected chi connectivity index (χ2v) is 8.53. The van der Waals surface area contributed by atoms with Gasteiger partial charge in [-0.1, -0.05) is 0 Å². The number of hydrogen-bond donors (Lipinski definition) is 3.